The van der Waals surface area contributed by atoms with E-state index in [9.17, 15) is 4.79 Å². The first-order valence-electron chi connectivity index (χ1n) is 6.40. The molecule has 108 valence electrons. The van der Waals surface area contributed by atoms with Gasteiger partial charge in [-0.15, -0.1) is 0 Å². The van der Waals surface area contributed by atoms with Crippen LogP contribution in [0.5, 0.6) is 5.75 Å². The van der Waals surface area contributed by atoms with Crippen LogP contribution in [0.2, 0.25) is 0 Å². The monoisotopic (exact) mass is 310 g/mol. The summed E-state index contributed by atoms with van der Waals surface area (Å²) in [4.78, 5) is 12.0. The van der Waals surface area contributed by atoms with Crippen molar-refractivity contribution in [1.82, 2.24) is 8.75 Å². The topological polar surface area (TPSA) is 87.9 Å². The van der Waals surface area contributed by atoms with Crippen molar-refractivity contribution in [3.63, 3.8) is 0 Å². The molecule has 1 heterocycles. The maximum absolute atomic E-state index is 12.0. The van der Waals surface area contributed by atoms with E-state index in [1.54, 1.807) is 36.4 Å². The van der Waals surface area contributed by atoms with Crippen molar-refractivity contribution >= 4 is 34.4 Å². The van der Waals surface area contributed by atoms with Crippen LogP contribution in [0.15, 0.2) is 42.5 Å². The minimum atomic E-state index is -0.303. The molecule has 0 aliphatic carbocycles. The summed E-state index contributed by atoms with van der Waals surface area (Å²) in [5.74, 6) is 0.172. The fraction of sp³-hybridized carbons (Fsp3) is 0.0667. The van der Waals surface area contributed by atoms with Gasteiger partial charge in [-0.2, -0.15) is 14.0 Å². The number of anilines is 1. The minimum absolute atomic E-state index is 0.150. The lowest BCUT2D eigenvalue weighted by molar-refractivity contribution is -0.118. The number of nitriles is 1. The van der Waals surface area contributed by atoms with Crippen molar-refractivity contribution < 1.29 is 9.53 Å². The van der Waals surface area contributed by atoms with Crippen LogP contribution in [0, 0.1) is 11.3 Å². The molecule has 1 N–H and O–H groups in total. The summed E-state index contributed by atoms with van der Waals surface area (Å²) in [5.41, 5.74) is 2.49. The molecule has 2 aromatic carbocycles. The first-order chi connectivity index (χ1) is 10.8. The lowest BCUT2D eigenvalue weighted by Crippen LogP contribution is -2.20. The standard InChI is InChI=1S/C15H10N4O2S/c16-8-10-3-1-4-11(7-10)21-9-14(20)17-12-5-2-6-13-15(12)19-22-18-13/h1-7H,9H2,(H,17,20). The Kier molecular flexibility index (Phi) is 3.94. The number of hydrogen-bond donors (Lipinski definition) is 1. The van der Waals surface area contributed by atoms with E-state index in [1.807, 2.05) is 12.1 Å². The van der Waals surface area contributed by atoms with E-state index in [0.717, 1.165) is 17.2 Å². The molecule has 0 aliphatic heterocycles. The van der Waals surface area contributed by atoms with Crippen LogP contribution in [-0.4, -0.2) is 21.3 Å². The third-order valence-corrected chi connectivity index (χ3v) is 3.44. The smallest absolute Gasteiger partial charge is 0.262 e. The number of ether oxygens (including phenoxy) is 1. The van der Waals surface area contributed by atoms with Gasteiger partial charge in [0.05, 0.1) is 29.0 Å². The van der Waals surface area contributed by atoms with Crippen molar-refractivity contribution in [3.05, 3.63) is 48.0 Å². The van der Waals surface area contributed by atoms with E-state index in [4.69, 9.17) is 10.00 Å². The molecule has 3 aromatic rings. The van der Waals surface area contributed by atoms with Gasteiger partial charge in [0, 0.05) is 0 Å². The Balaban J connectivity index is 1.65. The Hall–Kier alpha value is -2.98. The SMILES string of the molecule is N#Cc1cccc(OCC(=O)Nc2cccc3nsnc23)c1. The molecule has 1 aromatic heterocycles. The van der Waals surface area contributed by atoms with Gasteiger partial charge in [-0.3, -0.25) is 4.79 Å². The van der Waals surface area contributed by atoms with Crippen molar-refractivity contribution in [2.75, 3.05) is 11.9 Å². The summed E-state index contributed by atoms with van der Waals surface area (Å²) >= 11 is 1.10. The van der Waals surface area contributed by atoms with E-state index in [-0.39, 0.29) is 12.5 Å². The van der Waals surface area contributed by atoms with E-state index in [0.29, 0.717) is 22.5 Å². The number of amides is 1. The van der Waals surface area contributed by atoms with Crippen LogP contribution in [0.25, 0.3) is 11.0 Å². The predicted molar refractivity (Wildman–Crippen MR) is 82.7 cm³/mol. The lowest BCUT2D eigenvalue weighted by Gasteiger charge is -2.07. The Labute approximate surface area is 130 Å². The highest BCUT2D eigenvalue weighted by Gasteiger charge is 2.09. The highest BCUT2D eigenvalue weighted by atomic mass is 32.1. The highest BCUT2D eigenvalue weighted by molar-refractivity contribution is 7.00. The molecule has 0 unspecified atom stereocenters. The van der Waals surface area contributed by atoms with Gasteiger partial charge in [0.1, 0.15) is 16.8 Å². The van der Waals surface area contributed by atoms with Gasteiger partial charge in [-0.25, -0.2) is 0 Å². The van der Waals surface area contributed by atoms with Gasteiger partial charge in [0.2, 0.25) is 0 Å². The van der Waals surface area contributed by atoms with Crippen LogP contribution < -0.4 is 10.1 Å². The van der Waals surface area contributed by atoms with Crippen LogP contribution in [0.3, 0.4) is 0 Å². The zero-order valence-corrected chi connectivity index (χ0v) is 12.1. The zero-order chi connectivity index (χ0) is 15.4. The van der Waals surface area contributed by atoms with Gasteiger partial charge in [0.25, 0.3) is 5.91 Å². The largest absolute Gasteiger partial charge is 0.484 e. The number of rotatable bonds is 4. The third-order valence-electron chi connectivity index (χ3n) is 2.89. The fourth-order valence-corrected chi connectivity index (χ4v) is 2.45. The normalized spacial score (nSPS) is 10.1. The van der Waals surface area contributed by atoms with E-state index >= 15 is 0 Å². The summed E-state index contributed by atoms with van der Waals surface area (Å²) in [6.45, 7) is -0.150. The predicted octanol–water partition coefficient (Wildman–Crippen LogP) is 2.58. The first-order valence-corrected chi connectivity index (χ1v) is 7.13. The number of fused-ring (bicyclic) bond motifs is 1. The van der Waals surface area contributed by atoms with Gasteiger partial charge in [0.15, 0.2) is 6.61 Å². The van der Waals surface area contributed by atoms with E-state index < -0.39 is 0 Å². The lowest BCUT2D eigenvalue weighted by atomic mass is 10.2. The average Bonchev–Trinajstić information content (AvgIpc) is 3.03. The van der Waals surface area contributed by atoms with Gasteiger partial charge in [-0.05, 0) is 30.3 Å². The molecule has 0 bridgehead atoms. The summed E-state index contributed by atoms with van der Waals surface area (Å²) in [6.07, 6.45) is 0. The highest BCUT2D eigenvalue weighted by Crippen LogP contribution is 2.21. The number of aromatic nitrogens is 2. The van der Waals surface area contributed by atoms with Crippen LogP contribution >= 0.6 is 11.7 Å². The number of carbonyl (C=O) groups excluding carboxylic acids is 1. The van der Waals surface area contributed by atoms with Crippen molar-refractivity contribution in [2.24, 2.45) is 0 Å². The molecule has 0 saturated heterocycles. The molecule has 1 amide bonds. The number of hydrogen-bond acceptors (Lipinski definition) is 6. The number of carbonyl (C=O) groups is 1. The molecule has 0 spiro atoms. The van der Waals surface area contributed by atoms with Crippen molar-refractivity contribution in [2.45, 2.75) is 0 Å². The number of benzene rings is 2. The van der Waals surface area contributed by atoms with Crippen molar-refractivity contribution in [3.8, 4) is 11.8 Å². The molecule has 6 nitrogen and oxygen atoms in total. The second-order valence-corrected chi connectivity index (χ2v) is 4.94. The Morgan fingerprint density at radius 2 is 2.14 bits per heavy atom. The Morgan fingerprint density at radius 3 is 3.00 bits per heavy atom. The van der Waals surface area contributed by atoms with Gasteiger partial charge in [-0.1, -0.05) is 12.1 Å². The summed E-state index contributed by atoms with van der Waals surface area (Å²) in [6, 6.07) is 14.1. The Bertz CT molecular complexity index is 869. The maximum Gasteiger partial charge on any atom is 0.262 e. The minimum Gasteiger partial charge on any atom is -0.484 e. The molecule has 3 rings (SSSR count). The number of nitrogens with one attached hydrogen (secondary N) is 1. The first kappa shape index (κ1) is 14.0. The fourth-order valence-electron chi connectivity index (χ4n) is 1.90. The zero-order valence-electron chi connectivity index (χ0n) is 11.3. The molecule has 0 aliphatic rings. The summed E-state index contributed by atoms with van der Waals surface area (Å²) in [7, 11) is 0. The Morgan fingerprint density at radius 1 is 1.27 bits per heavy atom. The second-order valence-electron chi connectivity index (χ2n) is 4.41. The summed E-state index contributed by atoms with van der Waals surface area (Å²) in [5, 5.41) is 11.6. The molecular formula is C15H10N4O2S. The third kappa shape index (κ3) is 3.02. The second kappa shape index (κ2) is 6.20. The van der Waals surface area contributed by atoms with E-state index in [2.05, 4.69) is 14.1 Å². The molecule has 22 heavy (non-hydrogen) atoms. The molecule has 7 heteroatoms. The molecule has 0 saturated carbocycles. The molecule has 0 atom stereocenters. The average molecular weight is 310 g/mol. The maximum atomic E-state index is 12.0. The van der Waals surface area contributed by atoms with E-state index in [1.165, 1.54) is 0 Å². The molecular weight excluding hydrogens is 300 g/mol. The van der Waals surface area contributed by atoms with Crippen molar-refractivity contribution in [1.29, 1.82) is 5.26 Å². The summed E-state index contributed by atoms with van der Waals surface area (Å²) < 4.78 is 13.6. The molecule has 0 radical (unpaired) electrons. The number of nitrogens with zero attached hydrogens (tertiary/aromatic N) is 3. The molecule has 0 fully saturated rings. The van der Waals surface area contributed by atoms with Crippen LogP contribution in [-0.2, 0) is 4.79 Å². The van der Waals surface area contributed by atoms with Crippen LogP contribution in [0.4, 0.5) is 5.69 Å². The van der Waals surface area contributed by atoms with Gasteiger partial charge >= 0.3 is 0 Å². The quantitative estimate of drug-likeness (QED) is 0.800. The van der Waals surface area contributed by atoms with Gasteiger partial charge < -0.3 is 10.1 Å². The van der Waals surface area contributed by atoms with Crippen LogP contribution in [0.1, 0.15) is 5.56 Å².